The first-order valence-corrected chi connectivity index (χ1v) is 8.98. The third kappa shape index (κ3) is 4.22. The summed E-state index contributed by atoms with van der Waals surface area (Å²) in [6.45, 7) is 0.388. The molecule has 0 unspecified atom stereocenters. The Morgan fingerprint density at radius 1 is 1.03 bits per heavy atom. The van der Waals surface area contributed by atoms with Gasteiger partial charge in [-0.25, -0.2) is 9.69 Å². The molecule has 8 heteroatoms. The van der Waals surface area contributed by atoms with Crippen molar-refractivity contribution >= 4 is 23.5 Å². The van der Waals surface area contributed by atoms with Crippen LogP contribution in [0.2, 0.25) is 0 Å². The van der Waals surface area contributed by atoms with Crippen molar-refractivity contribution in [2.45, 2.75) is 19.0 Å². The van der Waals surface area contributed by atoms with E-state index in [0.29, 0.717) is 29.3 Å². The van der Waals surface area contributed by atoms with Crippen LogP contribution in [0.1, 0.15) is 22.3 Å². The number of carbonyl (C=O) groups excluding carboxylic acids is 3. The highest BCUT2D eigenvalue weighted by atomic mass is 16.5. The first kappa shape index (κ1) is 20.3. The third-order valence-electron chi connectivity index (χ3n) is 4.69. The van der Waals surface area contributed by atoms with Gasteiger partial charge < -0.3 is 19.5 Å². The topological polar surface area (TPSA) is 94.2 Å². The van der Waals surface area contributed by atoms with Crippen LogP contribution >= 0.6 is 0 Å². The van der Waals surface area contributed by atoms with E-state index in [-0.39, 0.29) is 18.2 Å². The minimum absolute atomic E-state index is 0.0604. The van der Waals surface area contributed by atoms with E-state index in [1.165, 1.54) is 19.2 Å². The van der Waals surface area contributed by atoms with E-state index in [1.54, 1.807) is 32.4 Å². The number of benzene rings is 2. The van der Waals surface area contributed by atoms with Gasteiger partial charge in [-0.05, 0) is 42.0 Å². The van der Waals surface area contributed by atoms with Gasteiger partial charge in [-0.2, -0.15) is 0 Å². The molecule has 2 aromatic carbocycles. The molecular formula is C21H22N2O6. The summed E-state index contributed by atoms with van der Waals surface area (Å²) in [5.41, 5.74) is 1.66. The van der Waals surface area contributed by atoms with Crippen molar-refractivity contribution in [3.8, 4) is 11.5 Å². The molecule has 1 saturated heterocycles. The Balaban J connectivity index is 1.68. The van der Waals surface area contributed by atoms with Crippen molar-refractivity contribution in [1.29, 1.82) is 0 Å². The molecule has 2 aromatic rings. The molecule has 2 amide bonds. The van der Waals surface area contributed by atoms with Gasteiger partial charge in [-0.15, -0.1) is 0 Å². The molecule has 0 aliphatic carbocycles. The molecule has 8 nitrogen and oxygen atoms in total. The van der Waals surface area contributed by atoms with Gasteiger partial charge in [-0.1, -0.05) is 6.07 Å². The number of methoxy groups -OCH3 is 3. The number of nitrogens with one attached hydrogen (secondary N) is 1. The molecule has 1 fully saturated rings. The number of anilines is 1. The van der Waals surface area contributed by atoms with Gasteiger partial charge in [-0.3, -0.25) is 9.59 Å². The normalized spacial score (nSPS) is 16.1. The van der Waals surface area contributed by atoms with E-state index in [9.17, 15) is 14.4 Å². The number of amides is 2. The van der Waals surface area contributed by atoms with Crippen molar-refractivity contribution in [2.24, 2.45) is 0 Å². The molecule has 1 aliphatic heterocycles. The number of hydrogen-bond acceptors (Lipinski definition) is 7. The van der Waals surface area contributed by atoms with Gasteiger partial charge >= 0.3 is 5.97 Å². The standard InChI is InChI=1S/C21H22N2O6/c1-27-17-9-4-13(10-18(17)28-2)12-22-16-11-19(24)23(20(16)25)15-7-5-14(6-8-15)21(26)29-3/h4-10,16,22H,11-12H2,1-3H3/t16-/m0/s1. The van der Waals surface area contributed by atoms with Crippen molar-refractivity contribution < 1.29 is 28.6 Å². The average Bonchev–Trinajstić information content (AvgIpc) is 3.04. The Morgan fingerprint density at radius 2 is 1.72 bits per heavy atom. The van der Waals surface area contributed by atoms with Gasteiger partial charge in [0.1, 0.15) is 0 Å². The third-order valence-corrected chi connectivity index (χ3v) is 4.69. The number of imide groups is 1. The van der Waals surface area contributed by atoms with E-state index in [1.807, 2.05) is 12.1 Å². The van der Waals surface area contributed by atoms with E-state index in [0.717, 1.165) is 10.5 Å². The first-order chi connectivity index (χ1) is 14.0. The Hall–Kier alpha value is -3.39. The Morgan fingerprint density at radius 3 is 2.34 bits per heavy atom. The van der Waals surface area contributed by atoms with Gasteiger partial charge in [0.05, 0.1) is 45.0 Å². The quantitative estimate of drug-likeness (QED) is 0.562. The summed E-state index contributed by atoms with van der Waals surface area (Å²) in [5.74, 6) is 0.0925. The van der Waals surface area contributed by atoms with Crippen molar-refractivity contribution in [1.82, 2.24) is 5.32 Å². The molecule has 1 aliphatic rings. The number of ether oxygens (including phenoxy) is 3. The number of esters is 1. The highest BCUT2D eigenvalue weighted by Gasteiger charge is 2.39. The fourth-order valence-electron chi connectivity index (χ4n) is 3.16. The Bertz CT molecular complexity index is 925. The Labute approximate surface area is 168 Å². The lowest BCUT2D eigenvalue weighted by Gasteiger charge is -2.16. The summed E-state index contributed by atoms with van der Waals surface area (Å²) in [7, 11) is 4.40. The van der Waals surface area contributed by atoms with E-state index in [2.05, 4.69) is 10.1 Å². The largest absolute Gasteiger partial charge is 0.493 e. The summed E-state index contributed by atoms with van der Waals surface area (Å²) in [5, 5.41) is 3.12. The minimum atomic E-state index is -0.629. The second-order valence-corrected chi connectivity index (χ2v) is 6.43. The van der Waals surface area contributed by atoms with Gasteiger partial charge in [0.2, 0.25) is 5.91 Å². The summed E-state index contributed by atoms with van der Waals surface area (Å²) in [4.78, 5) is 37.8. The highest BCUT2D eigenvalue weighted by molar-refractivity contribution is 6.22. The van der Waals surface area contributed by atoms with Crippen molar-refractivity contribution in [3.05, 3.63) is 53.6 Å². The second kappa shape index (κ2) is 8.74. The van der Waals surface area contributed by atoms with Crippen LogP contribution in [0.3, 0.4) is 0 Å². The predicted octanol–water partition coefficient (Wildman–Crippen LogP) is 1.91. The molecule has 0 radical (unpaired) electrons. The molecular weight excluding hydrogens is 376 g/mol. The lowest BCUT2D eigenvalue weighted by Crippen LogP contribution is -2.38. The zero-order valence-corrected chi connectivity index (χ0v) is 16.4. The van der Waals surface area contributed by atoms with Gasteiger partial charge in [0, 0.05) is 6.54 Å². The van der Waals surface area contributed by atoms with Gasteiger partial charge in [0.25, 0.3) is 5.91 Å². The molecule has 0 spiro atoms. The number of hydrogen-bond donors (Lipinski definition) is 1. The molecule has 0 bridgehead atoms. The SMILES string of the molecule is COC(=O)c1ccc(N2C(=O)C[C@H](NCc3ccc(OC)c(OC)c3)C2=O)cc1. The summed E-state index contributed by atoms with van der Waals surface area (Å²) in [6, 6.07) is 11.0. The molecule has 0 saturated carbocycles. The van der Waals surface area contributed by atoms with Crippen molar-refractivity contribution in [2.75, 3.05) is 26.2 Å². The van der Waals surface area contributed by atoms with Crippen LogP contribution < -0.4 is 19.7 Å². The fraction of sp³-hybridized carbons (Fsp3) is 0.286. The van der Waals surface area contributed by atoms with E-state index in [4.69, 9.17) is 9.47 Å². The molecule has 0 aromatic heterocycles. The predicted molar refractivity (Wildman–Crippen MR) is 105 cm³/mol. The molecule has 1 atom stereocenters. The maximum absolute atomic E-state index is 12.7. The molecule has 152 valence electrons. The maximum Gasteiger partial charge on any atom is 0.337 e. The van der Waals surface area contributed by atoms with Crippen molar-refractivity contribution in [3.63, 3.8) is 0 Å². The zero-order chi connectivity index (χ0) is 21.0. The molecule has 1 heterocycles. The molecule has 1 N–H and O–H groups in total. The summed E-state index contributed by atoms with van der Waals surface area (Å²) >= 11 is 0. The fourth-order valence-corrected chi connectivity index (χ4v) is 3.16. The highest BCUT2D eigenvalue weighted by Crippen LogP contribution is 2.28. The second-order valence-electron chi connectivity index (χ2n) is 6.43. The maximum atomic E-state index is 12.7. The molecule has 29 heavy (non-hydrogen) atoms. The first-order valence-electron chi connectivity index (χ1n) is 8.98. The number of rotatable bonds is 7. The van der Waals surface area contributed by atoms with Gasteiger partial charge in [0.15, 0.2) is 11.5 Å². The Kier molecular flexibility index (Phi) is 6.13. The van der Waals surface area contributed by atoms with Crippen LogP contribution in [0.4, 0.5) is 5.69 Å². The van der Waals surface area contributed by atoms with Crippen LogP contribution in [0, 0.1) is 0 Å². The number of nitrogens with zero attached hydrogens (tertiary/aromatic N) is 1. The lowest BCUT2D eigenvalue weighted by atomic mass is 10.1. The molecule has 3 rings (SSSR count). The zero-order valence-electron chi connectivity index (χ0n) is 16.4. The lowest BCUT2D eigenvalue weighted by molar-refractivity contribution is -0.121. The minimum Gasteiger partial charge on any atom is -0.493 e. The van der Waals surface area contributed by atoms with E-state index >= 15 is 0 Å². The number of carbonyl (C=O) groups is 3. The van der Waals surface area contributed by atoms with Crippen LogP contribution in [0.5, 0.6) is 11.5 Å². The van der Waals surface area contributed by atoms with Crippen LogP contribution in [-0.2, 0) is 20.9 Å². The van der Waals surface area contributed by atoms with Crippen LogP contribution in [0.25, 0.3) is 0 Å². The summed E-state index contributed by atoms with van der Waals surface area (Å²) in [6.07, 6.45) is 0.0604. The van der Waals surface area contributed by atoms with Crippen LogP contribution in [0.15, 0.2) is 42.5 Å². The van der Waals surface area contributed by atoms with Crippen LogP contribution in [-0.4, -0.2) is 45.2 Å². The summed E-state index contributed by atoms with van der Waals surface area (Å²) < 4.78 is 15.1. The average molecular weight is 398 g/mol. The monoisotopic (exact) mass is 398 g/mol. The smallest absolute Gasteiger partial charge is 0.337 e. The van der Waals surface area contributed by atoms with E-state index < -0.39 is 12.0 Å².